The van der Waals surface area contributed by atoms with Crippen LogP contribution in [0.5, 0.6) is 0 Å². The monoisotopic (exact) mass is 467 g/mol. The molecular weight excluding hydrogens is 441 g/mol. The van der Waals surface area contributed by atoms with Crippen molar-refractivity contribution in [3.63, 3.8) is 0 Å². The van der Waals surface area contributed by atoms with Crippen molar-refractivity contribution in [2.24, 2.45) is 0 Å². The minimum atomic E-state index is -0.472. The van der Waals surface area contributed by atoms with E-state index in [2.05, 4.69) is 15.1 Å². The molecule has 0 unspecified atom stereocenters. The van der Waals surface area contributed by atoms with Crippen molar-refractivity contribution < 1.29 is 18.7 Å². The van der Waals surface area contributed by atoms with E-state index in [1.54, 1.807) is 12.1 Å². The second-order valence-corrected chi connectivity index (χ2v) is 8.82. The summed E-state index contributed by atoms with van der Waals surface area (Å²) in [5, 5.41) is 5.27. The highest BCUT2D eigenvalue weighted by Crippen LogP contribution is 2.36. The molecule has 0 bridgehead atoms. The quantitative estimate of drug-likeness (QED) is 0.530. The van der Waals surface area contributed by atoms with Crippen LogP contribution >= 0.6 is 11.3 Å². The molecule has 0 aliphatic carbocycles. The number of anilines is 1. The minimum Gasteiger partial charge on any atom is -0.465 e. The van der Waals surface area contributed by atoms with Gasteiger partial charge >= 0.3 is 5.97 Å². The van der Waals surface area contributed by atoms with Crippen LogP contribution in [0.1, 0.15) is 15.9 Å². The summed E-state index contributed by atoms with van der Waals surface area (Å²) in [6.07, 6.45) is 0. The average Bonchev–Trinajstić information content (AvgIpc) is 3.25. The molecule has 1 saturated heterocycles. The Morgan fingerprint density at radius 2 is 1.67 bits per heavy atom. The van der Waals surface area contributed by atoms with Crippen LogP contribution in [0.3, 0.4) is 0 Å². The number of piperazine rings is 1. The van der Waals surface area contributed by atoms with Crippen LogP contribution in [0.15, 0.2) is 60.0 Å². The van der Waals surface area contributed by atoms with Gasteiger partial charge in [-0.05, 0) is 23.3 Å². The van der Waals surface area contributed by atoms with Crippen molar-refractivity contribution in [3.8, 4) is 11.1 Å². The lowest BCUT2D eigenvalue weighted by Gasteiger charge is -2.34. The molecule has 0 radical (unpaired) electrons. The Morgan fingerprint density at radius 3 is 2.33 bits per heavy atom. The van der Waals surface area contributed by atoms with Crippen molar-refractivity contribution in [2.75, 3.05) is 45.2 Å². The molecule has 172 valence electrons. The van der Waals surface area contributed by atoms with E-state index in [9.17, 15) is 14.0 Å². The average molecular weight is 468 g/mol. The molecule has 1 fully saturated rings. The Bertz CT molecular complexity index is 1090. The zero-order valence-corrected chi connectivity index (χ0v) is 19.2. The van der Waals surface area contributed by atoms with Gasteiger partial charge in [-0.1, -0.05) is 42.5 Å². The van der Waals surface area contributed by atoms with E-state index in [1.807, 2.05) is 35.7 Å². The van der Waals surface area contributed by atoms with E-state index in [0.717, 1.165) is 49.4 Å². The van der Waals surface area contributed by atoms with E-state index in [0.29, 0.717) is 10.6 Å². The second kappa shape index (κ2) is 10.7. The van der Waals surface area contributed by atoms with Gasteiger partial charge in [-0.3, -0.25) is 14.6 Å². The van der Waals surface area contributed by atoms with Gasteiger partial charge in [-0.2, -0.15) is 0 Å². The number of carbonyl (C=O) groups excluding carboxylic acids is 2. The lowest BCUT2D eigenvalue weighted by atomic mass is 10.0. The molecule has 1 N–H and O–H groups in total. The number of hydrogen-bond acceptors (Lipinski definition) is 6. The number of halogens is 1. The first-order valence-corrected chi connectivity index (χ1v) is 11.7. The predicted molar refractivity (Wildman–Crippen MR) is 128 cm³/mol. The fourth-order valence-electron chi connectivity index (χ4n) is 3.91. The van der Waals surface area contributed by atoms with Crippen molar-refractivity contribution in [3.05, 3.63) is 76.9 Å². The molecular formula is C25H26FN3O3S. The van der Waals surface area contributed by atoms with Crippen molar-refractivity contribution in [1.29, 1.82) is 0 Å². The molecule has 1 aromatic heterocycles. The number of hydrogen-bond donors (Lipinski definition) is 1. The highest BCUT2D eigenvalue weighted by atomic mass is 32.1. The second-order valence-electron chi connectivity index (χ2n) is 7.94. The Morgan fingerprint density at radius 1 is 1.00 bits per heavy atom. The summed E-state index contributed by atoms with van der Waals surface area (Å²) in [7, 11) is 1.34. The van der Waals surface area contributed by atoms with Crippen LogP contribution in [0.4, 0.5) is 9.39 Å². The van der Waals surface area contributed by atoms with Gasteiger partial charge in [-0.15, -0.1) is 11.3 Å². The summed E-state index contributed by atoms with van der Waals surface area (Å²) < 4.78 is 18.1. The van der Waals surface area contributed by atoms with Crippen LogP contribution in [0.2, 0.25) is 0 Å². The van der Waals surface area contributed by atoms with E-state index >= 15 is 0 Å². The van der Waals surface area contributed by atoms with Crippen molar-refractivity contribution >= 4 is 28.2 Å². The number of thiophene rings is 1. The van der Waals surface area contributed by atoms with Crippen molar-refractivity contribution in [1.82, 2.24) is 9.80 Å². The number of carbonyl (C=O) groups is 2. The molecule has 2 heterocycles. The summed E-state index contributed by atoms with van der Waals surface area (Å²) in [6.45, 7) is 4.20. The number of benzene rings is 2. The van der Waals surface area contributed by atoms with Gasteiger partial charge < -0.3 is 10.1 Å². The Hall–Kier alpha value is -3.07. The lowest BCUT2D eigenvalue weighted by Crippen LogP contribution is -2.48. The Kier molecular flexibility index (Phi) is 7.49. The molecule has 0 saturated carbocycles. The standard InChI is InChI=1S/C25H26FN3O3S/c1-32-25(31)23-21(19-5-3-2-4-6-19)17-33-24(23)27-22(30)16-29-13-11-28(12-14-29)15-18-7-9-20(26)10-8-18/h2-10,17H,11-16H2,1H3,(H,27,30). The van der Waals surface area contributed by atoms with Crippen LogP contribution in [0.25, 0.3) is 11.1 Å². The lowest BCUT2D eigenvalue weighted by molar-refractivity contribution is -0.117. The number of rotatable bonds is 7. The minimum absolute atomic E-state index is 0.159. The number of methoxy groups -OCH3 is 1. The molecule has 3 aromatic rings. The summed E-state index contributed by atoms with van der Waals surface area (Å²) in [4.78, 5) is 29.6. The third kappa shape index (κ3) is 5.84. The van der Waals surface area contributed by atoms with E-state index in [1.165, 1.54) is 30.6 Å². The third-order valence-electron chi connectivity index (χ3n) is 5.67. The van der Waals surface area contributed by atoms with Gasteiger partial charge in [-0.25, -0.2) is 9.18 Å². The predicted octanol–water partition coefficient (Wildman–Crippen LogP) is 4.10. The highest BCUT2D eigenvalue weighted by molar-refractivity contribution is 7.15. The van der Waals surface area contributed by atoms with Gasteiger partial charge in [0.1, 0.15) is 16.4 Å². The van der Waals surface area contributed by atoms with Gasteiger partial charge in [0.15, 0.2) is 0 Å². The first kappa shape index (κ1) is 23.1. The van der Waals surface area contributed by atoms with Crippen molar-refractivity contribution in [2.45, 2.75) is 6.54 Å². The summed E-state index contributed by atoms with van der Waals surface area (Å²) >= 11 is 1.32. The van der Waals surface area contributed by atoms with Crippen LogP contribution < -0.4 is 5.32 Å². The van der Waals surface area contributed by atoms with E-state index in [-0.39, 0.29) is 18.3 Å². The smallest absolute Gasteiger partial charge is 0.341 e. The van der Waals surface area contributed by atoms with Crippen LogP contribution in [-0.2, 0) is 16.1 Å². The van der Waals surface area contributed by atoms with Gasteiger partial charge in [0.05, 0.1) is 13.7 Å². The first-order valence-electron chi connectivity index (χ1n) is 10.8. The number of nitrogens with zero attached hydrogens (tertiary/aromatic N) is 2. The SMILES string of the molecule is COC(=O)c1c(-c2ccccc2)csc1NC(=O)CN1CCN(Cc2ccc(F)cc2)CC1. The fraction of sp³-hybridized carbons (Fsp3) is 0.280. The highest BCUT2D eigenvalue weighted by Gasteiger charge is 2.24. The maximum atomic E-state index is 13.1. The molecule has 6 nitrogen and oxygen atoms in total. The normalized spacial score (nSPS) is 14.7. The molecule has 1 aliphatic rings. The third-order valence-corrected chi connectivity index (χ3v) is 6.57. The van der Waals surface area contributed by atoms with Gasteiger partial charge in [0.25, 0.3) is 0 Å². The van der Waals surface area contributed by atoms with Crippen LogP contribution in [0, 0.1) is 5.82 Å². The Balaban J connectivity index is 1.34. The molecule has 33 heavy (non-hydrogen) atoms. The molecule has 1 amide bonds. The number of esters is 1. The van der Waals surface area contributed by atoms with Gasteiger partial charge in [0, 0.05) is 43.7 Å². The molecule has 0 atom stereocenters. The largest absolute Gasteiger partial charge is 0.465 e. The van der Waals surface area contributed by atoms with E-state index in [4.69, 9.17) is 4.74 Å². The Labute approximate surface area is 196 Å². The van der Waals surface area contributed by atoms with Crippen LogP contribution in [-0.4, -0.2) is 61.5 Å². The zero-order chi connectivity index (χ0) is 23.2. The number of nitrogens with one attached hydrogen (secondary N) is 1. The summed E-state index contributed by atoms with van der Waals surface area (Å²) in [6, 6.07) is 16.1. The first-order chi connectivity index (χ1) is 16.0. The molecule has 2 aromatic carbocycles. The number of amides is 1. The van der Waals surface area contributed by atoms with E-state index < -0.39 is 5.97 Å². The maximum Gasteiger partial charge on any atom is 0.341 e. The maximum absolute atomic E-state index is 13.1. The summed E-state index contributed by atoms with van der Waals surface area (Å²) in [5.74, 6) is -0.861. The van der Waals surface area contributed by atoms with Gasteiger partial charge in [0.2, 0.25) is 5.91 Å². The summed E-state index contributed by atoms with van der Waals surface area (Å²) in [5.41, 5.74) is 3.10. The molecule has 4 rings (SSSR count). The molecule has 1 aliphatic heterocycles. The topological polar surface area (TPSA) is 61.9 Å². The molecule has 8 heteroatoms. The fourth-order valence-corrected chi connectivity index (χ4v) is 4.88. The number of ether oxygens (including phenoxy) is 1. The zero-order valence-electron chi connectivity index (χ0n) is 18.4. The molecule has 0 spiro atoms.